The number of nitrogens with one attached hydrogen (secondary N) is 1. The molecule has 0 saturated carbocycles. The van der Waals surface area contributed by atoms with Gasteiger partial charge in [0.05, 0.1) is 45.5 Å². The summed E-state index contributed by atoms with van der Waals surface area (Å²) < 4.78 is 57.8. The summed E-state index contributed by atoms with van der Waals surface area (Å²) >= 11 is 19.5. The van der Waals surface area contributed by atoms with Crippen LogP contribution in [0.3, 0.4) is 0 Å². The summed E-state index contributed by atoms with van der Waals surface area (Å²) in [7, 11) is 0. The molecule has 3 aliphatic rings. The molecule has 4 heterocycles. The molecule has 1 unspecified atom stereocenters. The van der Waals surface area contributed by atoms with E-state index in [1.807, 2.05) is 0 Å². The molecule has 1 N–H and O–H groups in total. The number of benzene rings is 1. The quantitative estimate of drug-likeness (QED) is 0.376. The van der Waals surface area contributed by atoms with E-state index in [1.165, 1.54) is 23.2 Å². The maximum atomic E-state index is 15.3. The minimum absolute atomic E-state index is 0.0237. The fourth-order valence-corrected chi connectivity index (χ4v) is 5.44. The largest absolute Gasteiger partial charge is 0.428 e. The SMILES string of the molecule is O=C(C1CSC1)N1CC(F)(c2ccc(C3=CC(c4cc(Cl)c(Cl)c(Cl)c4)(C(F)(F)F)ON3)cn2)C1. The fourth-order valence-electron chi connectivity index (χ4n) is 4.09. The van der Waals surface area contributed by atoms with Crippen LogP contribution < -0.4 is 5.48 Å². The molecule has 0 spiro atoms. The van der Waals surface area contributed by atoms with Crippen LogP contribution in [-0.4, -0.2) is 46.6 Å². The predicted octanol–water partition coefficient (Wildman–Crippen LogP) is 5.75. The zero-order chi connectivity index (χ0) is 25.2. The number of carbonyl (C=O) groups is 1. The Morgan fingerprint density at radius 2 is 1.83 bits per heavy atom. The number of halogens is 7. The van der Waals surface area contributed by atoms with Gasteiger partial charge < -0.3 is 4.90 Å². The number of alkyl halides is 4. The smallest absolute Gasteiger partial charge is 0.335 e. The molecule has 35 heavy (non-hydrogen) atoms. The van der Waals surface area contributed by atoms with Gasteiger partial charge in [-0.25, -0.2) is 4.39 Å². The molecule has 2 fully saturated rings. The average molecular weight is 569 g/mol. The van der Waals surface area contributed by atoms with Crippen LogP contribution in [0.1, 0.15) is 16.8 Å². The molecule has 1 atom stereocenters. The van der Waals surface area contributed by atoms with E-state index in [0.717, 1.165) is 29.7 Å². The number of nitrogens with zero attached hydrogens (tertiary/aromatic N) is 2. The van der Waals surface area contributed by atoms with Crippen molar-refractivity contribution in [1.82, 2.24) is 15.4 Å². The summed E-state index contributed by atoms with van der Waals surface area (Å²) in [6.07, 6.45) is -2.80. The third-order valence-electron chi connectivity index (χ3n) is 6.22. The molecule has 5 nitrogen and oxygen atoms in total. The van der Waals surface area contributed by atoms with Crippen molar-refractivity contribution in [1.29, 1.82) is 0 Å². The molecule has 0 aliphatic carbocycles. The van der Waals surface area contributed by atoms with Crippen LogP contribution in [0.25, 0.3) is 5.70 Å². The van der Waals surface area contributed by atoms with Gasteiger partial charge in [-0.15, -0.1) is 0 Å². The van der Waals surface area contributed by atoms with Gasteiger partial charge in [0.25, 0.3) is 0 Å². The highest BCUT2D eigenvalue weighted by Crippen LogP contribution is 2.49. The Morgan fingerprint density at radius 3 is 2.34 bits per heavy atom. The fraction of sp³-hybridized carbons (Fsp3) is 0.364. The highest BCUT2D eigenvalue weighted by Gasteiger charge is 2.60. The third-order valence-corrected chi connectivity index (χ3v) is 8.69. The monoisotopic (exact) mass is 567 g/mol. The van der Waals surface area contributed by atoms with E-state index in [-0.39, 0.29) is 62.5 Å². The first-order valence-corrected chi connectivity index (χ1v) is 12.6. The number of rotatable bonds is 4. The van der Waals surface area contributed by atoms with Gasteiger partial charge in [0.2, 0.25) is 11.5 Å². The number of hydrogen-bond donors (Lipinski definition) is 1. The van der Waals surface area contributed by atoms with Crippen molar-refractivity contribution in [2.45, 2.75) is 17.4 Å². The lowest BCUT2D eigenvalue weighted by Crippen LogP contribution is -2.61. The van der Waals surface area contributed by atoms with E-state index in [2.05, 4.69) is 10.5 Å². The van der Waals surface area contributed by atoms with Crippen LogP contribution in [0.15, 0.2) is 36.5 Å². The van der Waals surface area contributed by atoms with Crippen LogP contribution in [0, 0.1) is 5.92 Å². The molecule has 1 aromatic heterocycles. The second-order valence-electron chi connectivity index (χ2n) is 8.58. The van der Waals surface area contributed by atoms with Crippen molar-refractivity contribution in [3.63, 3.8) is 0 Å². The number of hydrogen-bond acceptors (Lipinski definition) is 5. The number of likely N-dealkylation sites (tertiary alicyclic amines) is 1. The number of carbonyl (C=O) groups excluding carboxylic acids is 1. The van der Waals surface area contributed by atoms with Crippen LogP contribution in [-0.2, 0) is 20.9 Å². The normalized spacial score (nSPS) is 23.9. The van der Waals surface area contributed by atoms with Gasteiger partial charge >= 0.3 is 6.18 Å². The van der Waals surface area contributed by atoms with Gasteiger partial charge in [-0.1, -0.05) is 34.8 Å². The van der Waals surface area contributed by atoms with Gasteiger partial charge in [0.1, 0.15) is 0 Å². The average Bonchev–Trinajstić information content (AvgIpc) is 3.21. The van der Waals surface area contributed by atoms with Crippen molar-refractivity contribution in [3.8, 4) is 0 Å². The van der Waals surface area contributed by atoms with E-state index in [9.17, 15) is 18.0 Å². The molecule has 2 aromatic rings. The standard InChI is InChI=1S/C22H16Cl3F4N3O2S/c23-14-3-13(4-15(24)18(14)25)21(22(27,28)29)5-16(31-34-21)11-1-2-17(30-6-11)20(26)9-32(10-20)19(33)12-7-35-8-12/h1-6,12,31H,7-10H2. The minimum Gasteiger partial charge on any atom is -0.335 e. The Morgan fingerprint density at radius 1 is 1.17 bits per heavy atom. The Hall–Kier alpha value is -1.72. The number of pyridine rings is 1. The first-order valence-electron chi connectivity index (χ1n) is 10.3. The number of aromatic nitrogens is 1. The van der Waals surface area contributed by atoms with Crippen LogP contribution >= 0.6 is 46.6 Å². The second kappa shape index (κ2) is 8.69. The van der Waals surface area contributed by atoms with Gasteiger partial charge in [0, 0.05) is 28.8 Å². The van der Waals surface area contributed by atoms with Crippen molar-refractivity contribution in [2.24, 2.45) is 5.92 Å². The lowest BCUT2D eigenvalue weighted by molar-refractivity contribution is -0.269. The van der Waals surface area contributed by atoms with Gasteiger partial charge in [-0.2, -0.15) is 24.9 Å². The number of amides is 1. The second-order valence-corrected chi connectivity index (χ2v) is 10.8. The Bertz CT molecular complexity index is 1190. The summed E-state index contributed by atoms with van der Waals surface area (Å²) in [4.78, 5) is 22.9. The molecule has 186 valence electrons. The van der Waals surface area contributed by atoms with Crippen LogP contribution in [0.2, 0.25) is 15.1 Å². The van der Waals surface area contributed by atoms with Gasteiger partial charge in [-0.05, 0) is 30.3 Å². The number of hydroxylamine groups is 1. The molecular formula is C22H16Cl3F4N3O2S. The van der Waals surface area contributed by atoms with Crippen LogP contribution in [0.4, 0.5) is 17.6 Å². The molecule has 3 aliphatic heterocycles. The molecule has 2 saturated heterocycles. The van der Waals surface area contributed by atoms with E-state index < -0.39 is 17.4 Å². The van der Waals surface area contributed by atoms with Crippen molar-refractivity contribution in [2.75, 3.05) is 24.6 Å². The summed E-state index contributed by atoms with van der Waals surface area (Å²) in [5, 5.41) is -0.398. The highest BCUT2D eigenvalue weighted by molar-refractivity contribution is 8.00. The molecular weight excluding hydrogens is 553 g/mol. The summed E-state index contributed by atoms with van der Waals surface area (Å²) in [5.74, 6) is 1.38. The Balaban J connectivity index is 1.39. The maximum absolute atomic E-state index is 15.3. The first kappa shape index (κ1) is 25.0. The maximum Gasteiger partial charge on any atom is 0.428 e. The molecule has 1 amide bonds. The lowest BCUT2D eigenvalue weighted by Gasteiger charge is -2.46. The molecule has 0 bridgehead atoms. The summed E-state index contributed by atoms with van der Waals surface area (Å²) in [5.41, 5.74) is -2.45. The van der Waals surface area contributed by atoms with E-state index >= 15 is 4.39 Å². The van der Waals surface area contributed by atoms with Gasteiger partial charge in [-0.3, -0.25) is 20.1 Å². The first-order chi connectivity index (χ1) is 16.4. The predicted molar refractivity (Wildman–Crippen MR) is 126 cm³/mol. The minimum atomic E-state index is -4.89. The molecule has 13 heteroatoms. The zero-order valence-corrected chi connectivity index (χ0v) is 20.7. The van der Waals surface area contributed by atoms with E-state index in [4.69, 9.17) is 39.6 Å². The molecule has 5 rings (SSSR count). The van der Waals surface area contributed by atoms with Crippen molar-refractivity contribution < 1.29 is 27.2 Å². The summed E-state index contributed by atoms with van der Waals surface area (Å²) in [6.45, 7) is -0.197. The molecule has 0 radical (unpaired) electrons. The lowest BCUT2D eigenvalue weighted by atomic mass is 9.89. The van der Waals surface area contributed by atoms with Crippen LogP contribution in [0.5, 0.6) is 0 Å². The van der Waals surface area contributed by atoms with Gasteiger partial charge in [0.15, 0.2) is 5.67 Å². The van der Waals surface area contributed by atoms with E-state index in [1.54, 1.807) is 11.8 Å². The van der Waals surface area contributed by atoms with Crippen molar-refractivity contribution in [3.05, 3.63) is 68.4 Å². The van der Waals surface area contributed by atoms with Crippen molar-refractivity contribution >= 4 is 58.2 Å². The topological polar surface area (TPSA) is 54.5 Å². The highest BCUT2D eigenvalue weighted by atomic mass is 35.5. The Labute approximate surface area is 216 Å². The third kappa shape index (κ3) is 4.17. The zero-order valence-electron chi connectivity index (χ0n) is 17.6. The Kier molecular flexibility index (Phi) is 6.20. The summed E-state index contributed by atoms with van der Waals surface area (Å²) in [6, 6.07) is 4.89. The number of thioether (sulfide) groups is 1. The van der Waals surface area contributed by atoms with E-state index in [0.29, 0.717) is 0 Å². The molecule has 1 aromatic carbocycles.